The third-order valence-corrected chi connectivity index (χ3v) is 1.02. The Morgan fingerprint density at radius 1 is 1.17 bits per heavy atom. The molecule has 4 nitrogen and oxygen atoms in total. The number of nitrogens with one attached hydrogen (secondary N) is 1. The Hall–Kier alpha value is -1.68. The zero-order chi connectivity index (χ0) is 15.4. The minimum atomic E-state index is 0.204. The van der Waals surface area contributed by atoms with E-state index in [1.54, 1.807) is 12.2 Å². The van der Waals surface area contributed by atoms with Crippen molar-refractivity contribution >= 4 is 12.7 Å². The average Bonchev–Trinajstić information content (AvgIpc) is 2.43. The first-order chi connectivity index (χ1) is 8.62. The molecule has 0 radical (unpaired) electrons. The van der Waals surface area contributed by atoms with E-state index in [1.807, 2.05) is 27.7 Å². The predicted molar refractivity (Wildman–Crippen MR) is 80.0 cm³/mol. The SMILES string of the molecule is C=C/C=C(\C=C)NC=O.CC.CC(C)C=O.CN. The highest BCUT2D eigenvalue weighted by Gasteiger charge is 1.81. The maximum atomic E-state index is 9.81. The zero-order valence-corrected chi connectivity index (χ0v) is 12.3. The van der Waals surface area contributed by atoms with Crippen molar-refractivity contribution < 1.29 is 9.59 Å². The van der Waals surface area contributed by atoms with Crippen molar-refractivity contribution in [2.45, 2.75) is 27.7 Å². The Bertz CT molecular complexity index is 222. The van der Waals surface area contributed by atoms with Gasteiger partial charge in [-0.25, -0.2) is 0 Å². The molecule has 0 fully saturated rings. The van der Waals surface area contributed by atoms with E-state index in [0.717, 1.165) is 6.29 Å². The average molecular weight is 256 g/mol. The smallest absolute Gasteiger partial charge is 0.211 e. The summed E-state index contributed by atoms with van der Waals surface area (Å²) in [4.78, 5) is 19.3. The summed E-state index contributed by atoms with van der Waals surface area (Å²) >= 11 is 0. The molecule has 0 bridgehead atoms. The third kappa shape index (κ3) is 36.7. The fourth-order valence-corrected chi connectivity index (χ4v) is 0.370. The van der Waals surface area contributed by atoms with Crippen molar-refractivity contribution in [1.82, 2.24) is 5.32 Å². The minimum absolute atomic E-state index is 0.204. The van der Waals surface area contributed by atoms with Crippen molar-refractivity contribution in [3.63, 3.8) is 0 Å². The van der Waals surface area contributed by atoms with Gasteiger partial charge < -0.3 is 15.8 Å². The molecule has 0 rings (SSSR count). The first-order valence-corrected chi connectivity index (χ1v) is 5.80. The van der Waals surface area contributed by atoms with Crippen molar-refractivity contribution in [2.24, 2.45) is 11.7 Å². The van der Waals surface area contributed by atoms with Crippen LogP contribution in [0.25, 0.3) is 0 Å². The number of amides is 1. The van der Waals surface area contributed by atoms with Gasteiger partial charge >= 0.3 is 0 Å². The number of aldehydes is 1. The van der Waals surface area contributed by atoms with Gasteiger partial charge in [-0.15, -0.1) is 0 Å². The molecule has 0 aliphatic carbocycles. The molecule has 0 unspecified atom stereocenters. The van der Waals surface area contributed by atoms with Crippen LogP contribution < -0.4 is 11.1 Å². The summed E-state index contributed by atoms with van der Waals surface area (Å²) < 4.78 is 0. The highest BCUT2D eigenvalue weighted by molar-refractivity contribution is 5.52. The van der Waals surface area contributed by atoms with E-state index in [0.29, 0.717) is 12.1 Å². The van der Waals surface area contributed by atoms with Crippen LogP contribution in [0.4, 0.5) is 0 Å². The van der Waals surface area contributed by atoms with Crippen LogP contribution in [0.15, 0.2) is 37.1 Å². The van der Waals surface area contributed by atoms with Crippen molar-refractivity contribution in [3.8, 4) is 0 Å². The van der Waals surface area contributed by atoms with Crippen LogP contribution in [0, 0.1) is 5.92 Å². The van der Waals surface area contributed by atoms with Crippen LogP contribution in [0.3, 0.4) is 0 Å². The van der Waals surface area contributed by atoms with E-state index in [1.165, 1.54) is 13.1 Å². The Morgan fingerprint density at radius 2 is 1.56 bits per heavy atom. The second-order valence-electron chi connectivity index (χ2n) is 2.70. The van der Waals surface area contributed by atoms with Crippen LogP contribution in [0.1, 0.15) is 27.7 Å². The second-order valence-corrected chi connectivity index (χ2v) is 2.70. The van der Waals surface area contributed by atoms with E-state index in [9.17, 15) is 9.59 Å². The van der Waals surface area contributed by atoms with Crippen LogP contribution >= 0.6 is 0 Å². The van der Waals surface area contributed by atoms with Gasteiger partial charge in [-0.2, -0.15) is 0 Å². The molecule has 0 aromatic carbocycles. The summed E-state index contributed by atoms with van der Waals surface area (Å²) in [6, 6.07) is 0. The van der Waals surface area contributed by atoms with E-state index >= 15 is 0 Å². The summed E-state index contributed by atoms with van der Waals surface area (Å²) in [5.41, 5.74) is 5.15. The summed E-state index contributed by atoms with van der Waals surface area (Å²) in [5.74, 6) is 0.204. The predicted octanol–water partition coefficient (Wildman–Crippen LogP) is 2.43. The van der Waals surface area contributed by atoms with Gasteiger partial charge in [0.2, 0.25) is 6.41 Å². The number of rotatable bonds is 5. The van der Waals surface area contributed by atoms with Crippen molar-refractivity contribution in [2.75, 3.05) is 7.05 Å². The second kappa shape index (κ2) is 29.5. The first kappa shape index (κ1) is 25.2. The van der Waals surface area contributed by atoms with Crippen molar-refractivity contribution in [3.05, 3.63) is 37.1 Å². The molecule has 106 valence electrons. The Morgan fingerprint density at radius 3 is 1.72 bits per heavy atom. The lowest BCUT2D eigenvalue weighted by molar-refractivity contribution is -0.110. The fraction of sp³-hybridized carbons (Fsp3) is 0.429. The molecule has 0 saturated heterocycles. The summed E-state index contributed by atoms with van der Waals surface area (Å²) in [6.07, 6.45) is 6.28. The molecular weight excluding hydrogens is 228 g/mol. The van der Waals surface area contributed by atoms with E-state index < -0.39 is 0 Å². The maximum Gasteiger partial charge on any atom is 0.211 e. The lowest BCUT2D eigenvalue weighted by atomic mass is 10.3. The summed E-state index contributed by atoms with van der Waals surface area (Å²) in [6.45, 7) is 14.6. The summed E-state index contributed by atoms with van der Waals surface area (Å²) in [5, 5.41) is 2.42. The number of hydrogen-bond donors (Lipinski definition) is 2. The molecule has 0 saturated carbocycles. The van der Waals surface area contributed by atoms with Gasteiger partial charge in [0.25, 0.3) is 0 Å². The minimum Gasteiger partial charge on any atom is -0.333 e. The van der Waals surface area contributed by atoms with Gasteiger partial charge in [0.15, 0.2) is 0 Å². The van der Waals surface area contributed by atoms with Crippen LogP contribution in [0.5, 0.6) is 0 Å². The van der Waals surface area contributed by atoms with E-state index in [4.69, 9.17) is 0 Å². The lowest BCUT2D eigenvalue weighted by Gasteiger charge is -1.93. The fourth-order valence-electron chi connectivity index (χ4n) is 0.370. The lowest BCUT2D eigenvalue weighted by Crippen LogP contribution is -2.06. The molecule has 4 heteroatoms. The monoisotopic (exact) mass is 256 g/mol. The number of hydrogen-bond acceptors (Lipinski definition) is 3. The Balaban J connectivity index is -0.0000000925. The normalized spacial score (nSPS) is 8.06. The van der Waals surface area contributed by atoms with Gasteiger partial charge in [0.05, 0.1) is 0 Å². The topological polar surface area (TPSA) is 72.2 Å². The quantitative estimate of drug-likeness (QED) is 0.586. The van der Waals surface area contributed by atoms with E-state index in [-0.39, 0.29) is 5.92 Å². The Labute approximate surface area is 112 Å². The molecule has 0 aromatic heterocycles. The number of carbonyl (C=O) groups is 2. The van der Waals surface area contributed by atoms with Crippen LogP contribution in [-0.2, 0) is 9.59 Å². The third-order valence-electron chi connectivity index (χ3n) is 1.02. The molecule has 18 heavy (non-hydrogen) atoms. The molecule has 0 spiro atoms. The molecule has 0 aromatic rings. The van der Waals surface area contributed by atoms with Gasteiger partial charge in [0, 0.05) is 11.6 Å². The van der Waals surface area contributed by atoms with E-state index in [2.05, 4.69) is 24.2 Å². The molecule has 0 aliphatic rings. The number of allylic oxidation sites excluding steroid dienone is 3. The molecule has 0 atom stereocenters. The zero-order valence-electron chi connectivity index (χ0n) is 12.3. The summed E-state index contributed by atoms with van der Waals surface area (Å²) in [7, 11) is 1.50. The molecule has 3 N–H and O–H groups in total. The highest BCUT2D eigenvalue weighted by atomic mass is 16.1. The number of carbonyl (C=O) groups excluding carboxylic acids is 2. The number of nitrogens with two attached hydrogens (primary N) is 1. The highest BCUT2D eigenvalue weighted by Crippen LogP contribution is 1.86. The van der Waals surface area contributed by atoms with Crippen molar-refractivity contribution in [1.29, 1.82) is 0 Å². The van der Waals surface area contributed by atoms with Crippen LogP contribution in [-0.4, -0.2) is 19.7 Å². The van der Waals surface area contributed by atoms with Gasteiger partial charge in [0.1, 0.15) is 6.29 Å². The molecule has 0 heterocycles. The molecular formula is C14H28N2O2. The van der Waals surface area contributed by atoms with Gasteiger partial charge in [-0.1, -0.05) is 46.9 Å². The molecule has 1 amide bonds. The Kier molecular flexibility index (Phi) is 41.4. The molecule has 0 aliphatic heterocycles. The van der Waals surface area contributed by atoms with Crippen LogP contribution in [0.2, 0.25) is 0 Å². The van der Waals surface area contributed by atoms with Gasteiger partial charge in [-0.3, -0.25) is 4.79 Å². The first-order valence-electron chi connectivity index (χ1n) is 5.80. The maximum absolute atomic E-state index is 9.81. The largest absolute Gasteiger partial charge is 0.333 e. The van der Waals surface area contributed by atoms with Gasteiger partial charge in [-0.05, 0) is 19.2 Å². The standard InChI is InChI=1S/C7H9NO.C4H8O.C2H6.CH5N/c1-3-5-7(4-2)8-6-9;1-4(2)3-5;2*1-2/h3-6H,1-2H2,(H,8,9);3-4H,1-2H3;1-2H3;2H2,1H3/b7-5+;;;.